The molecule has 1 rings (SSSR count). The summed E-state index contributed by atoms with van der Waals surface area (Å²) in [6.45, 7) is 9.40. The molecule has 0 atom stereocenters. The second-order valence-corrected chi connectivity index (χ2v) is 4.92. The average Bonchev–Trinajstić information content (AvgIpc) is 2.37. The fourth-order valence-electron chi connectivity index (χ4n) is 2.28. The van der Waals surface area contributed by atoms with E-state index in [1.807, 2.05) is 6.92 Å². The lowest BCUT2D eigenvalue weighted by Gasteiger charge is -2.34. The van der Waals surface area contributed by atoms with Crippen LogP contribution in [0.1, 0.15) is 26.2 Å². The predicted octanol–water partition coefficient (Wildman–Crippen LogP) is -0.131. The molecule has 0 unspecified atom stereocenters. The third-order valence-electron chi connectivity index (χ3n) is 3.38. The summed E-state index contributed by atoms with van der Waals surface area (Å²) in [6.07, 6.45) is 3.61. The third kappa shape index (κ3) is 6.33. The summed E-state index contributed by atoms with van der Waals surface area (Å²) >= 11 is 0. The molecule has 1 amide bonds. The highest BCUT2D eigenvalue weighted by Crippen LogP contribution is 2.04. The van der Waals surface area contributed by atoms with Crippen molar-refractivity contribution in [1.82, 2.24) is 15.1 Å². The van der Waals surface area contributed by atoms with Crippen LogP contribution in [0.5, 0.6) is 0 Å². The summed E-state index contributed by atoms with van der Waals surface area (Å²) in [4.78, 5) is 16.2. The van der Waals surface area contributed by atoms with Gasteiger partial charge in [0.1, 0.15) is 0 Å². The van der Waals surface area contributed by atoms with E-state index >= 15 is 0 Å². The molecule has 18 heavy (non-hydrogen) atoms. The van der Waals surface area contributed by atoms with Crippen LogP contribution in [0.15, 0.2) is 0 Å². The molecular formula is C13H28N4O. The minimum atomic E-state index is 0.147. The topological polar surface area (TPSA) is 61.6 Å². The van der Waals surface area contributed by atoms with Crippen LogP contribution in [0.25, 0.3) is 0 Å². The van der Waals surface area contributed by atoms with Crippen molar-refractivity contribution in [2.45, 2.75) is 26.2 Å². The number of hydrogen-bond donors (Lipinski definition) is 2. The smallest absolute Gasteiger partial charge is 0.234 e. The zero-order chi connectivity index (χ0) is 13.2. The number of carbonyl (C=O) groups excluding carboxylic acids is 1. The maximum atomic E-state index is 11.5. The Hall–Kier alpha value is -0.650. The van der Waals surface area contributed by atoms with Crippen molar-refractivity contribution >= 4 is 5.91 Å². The van der Waals surface area contributed by atoms with Gasteiger partial charge in [-0.1, -0.05) is 6.42 Å². The average molecular weight is 256 g/mol. The van der Waals surface area contributed by atoms with Crippen molar-refractivity contribution in [2.24, 2.45) is 5.73 Å². The first-order valence-electron chi connectivity index (χ1n) is 7.17. The van der Waals surface area contributed by atoms with E-state index in [1.165, 1.54) is 19.4 Å². The van der Waals surface area contributed by atoms with Crippen molar-refractivity contribution in [2.75, 3.05) is 52.4 Å². The molecule has 1 aliphatic rings. The van der Waals surface area contributed by atoms with E-state index in [9.17, 15) is 4.79 Å². The molecule has 0 bridgehead atoms. The first-order valence-corrected chi connectivity index (χ1v) is 7.17. The molecule has 0 spiro atoms. The van der Waals surface area contributed by atoms with Crippen LogP contribution >= 0.6 is 0 Å². The number of rotatable bonds is 8. The van der Waals surface area contributed by atoms with Crippen LogP contribution < -0.4 is 11.1 Å². The molecule has 1 aliphatic heterocycles. The lowest BCUT2D eigenvalue weighted by Crippen LogP contribution is -2.49. The molecule has 3 N–H and O–H groups in total. The molecule has 1 fully saturated rings. The maximum absolute atomic E-state index is 11.5. The number of carbonyl (C=O) groups is 1. The lowest BCUT2D eigenvalue weighted by atomic mass is 10.2. The van der Waals surface area contributed by atoms with E-state index in [-0.39, 0.29) is 5.91 Å². The number of unbranched alkanes of at least 4 members (excludes halogenated alkanes) is 2. The minimum absolute atomic E-state index is 0.147. The summed E-state index contributed by atoms with van der Waals surface area (Å²) in [6, 6.07) is 0. The van der Waals surface area contributed by atoms with Gasteiger partial charge in [0.05, 0.1) is 6.54 Å². The summed E-state index contributed by atoms with van der Waals surface area (Å²) in [5.74, 6) is 0.147. The lowest BCUT2D eigenvalue weighted by molar-refractivity contribution is -0.122. The number of amides is 1. The van der Waals surface area contributed by atoms with Crippen molar-refractivity contribution in [3.05, 3.63) is 0 Å². The fourth-order valence-corrected chi connectivity index (χ4v) is 2.28. The van der Waals surface area contributed by atoms with Gasteiger partial charge in [0, 0.05) is 32.7 Å². The molecule has 0 aliphatic carbocycles. The SMILES string of the molecule is CCNC(=O)CN1CCN(CCCCCN)CC1. The van der Waals surface area contributed by atoms with E-state index in [0.29, 0.717) is 6.54 Å². The molecule has 0 aromatic carbocycles. The molecule has 106 valence electrons. The Bertz CT molecular complexity index is 227. The second-order valence-electron chi connectivity index (χ2n) is 4.92. The fraction of sp³-hybridized carbons (Fsp3) is 0.923. The van der Waals surface area contributed by atoms with E-state index in [2.05, 4.69) is 15.1 Å². The van der Waals surface area contributed by atoms with Crippen LogP contribution in [-0.2, 0) is 4.79 Å². The normalized spacial score (nSPS) is 17.9. The number of nitrogens with zero attached hydrogens (tertiary/aromatic N) is 2. The van der Waals surface area contributed by atoms with Crippen LogP contribution in [-0.4, -0.2) is 68.1 Å². The summed E-state index contributed by atoms with van der Waals surface area (Å²) in [5.41, 5.74) is 5.48. The highest BCUT2D eigenvalue weighted by molar-refractivity contribution is 5.77. The Kier molecular flexibility index (Phi) is 7.96. The van der Waals surface area contributed by atoms with E-state index in [4.69, 9.17) is 5.73 Å². The summed E-state index contributed by atoms with van der Waals surface area (Å²) < 4.78 is 0. The Morgan fingerprint density at radius 2 is 1.78 bits per heavy atom. The number of nitrogens with one attached hydrogen (secondary N) is 1. The summed E-state index contributed by atoms with van der Waals surface area (Å²) in [5, 5.41) is 2.85. The highest BCUT2D eigenvalue weighted by atomic mass is 16.2. The van der Waals surface area contributed by atoms with Crippen molar-refractivity contribution in [1.29, 1.82) is 0 Å². The third-order valence-corrected chi connectivity index (χ3v) is 3.38. The van der Waals surface area contributed by atoms with Crippen LogP contribution in [0.3, 0.4) is 0 Å². The van der Waals surface area contributed by atoms with Gasteiger partial charge in [-0.25, -0.2) is 0 Å². The van der Waals surface area contributed by atoms with Crippen molar-refractivity contribution < 1.29 is 4.79 Å². The Morgan fingerprint density at radius 1 is 1.11 bits per heavy atom. The number of piperazine rings is 1. The molecule has 0 saturated carbocycles. The van der Waals surface area contributed by atoms with Crippen LogP contribution in [0, 0.1) is 0 Å². The Morgan fingerprint density at radius 3 is 2.39 bits per heavy atom. The molecular weight excluding hydrogens is 228 g/mol. The predicted molar refractivity (Wildman–Crippen MR) is 74.5 cm³/mol. The van der Waals surface area contributed by atoms with Gasteiger partial charge in [-0.05, 0) is 32.9 Å². The molecule has 0 radical (unpaired) electrons. The van der Waals surface area contributed by atoms with Crippen LogP contribution in [0.4, 0.5) is 0 Å². The van der Waals surface area contributed by atoms with Crippen molar-refractivity contribution in [3.8, 4) is 0 Å². The number of hydrogen-bond acceptors (Lipinski definition) is 4. The molecule has 0 aromatic rings. The summed E-state index contributed by atoms with van der Waals surface area (Å²) in [7, 11) is 0. The van der Waals surface area contributed by atoms with Gasteiger partial charge < -0.3 is 16.0 Å². The van der Waals surface area contributed by atoms with E-state index in [1.54, 1.807) is 0 Å². The Labute approximate surface area is 111 Å². The maximum Gasteiger partial charge on any atom is 0.234 e. The van der Waals surface area contributed by atoms with Crippen molar-refractivity contribution in [3.63, 3.8) is 0 Å². The second kappa shape index (κ2) is 9.30. The van der Waals surface area contributed by atoms with Gasteiger partial charge in [0.2, 0.25) is 5.91 Å². The number of nitrogens with two attached hydrogens (primary N) is 1. The van der Waals surface area contributed by atoms with Gasteiger partial charge >= 0.3 is 0 Å². The molecule has 1 heterocycles. The van der Waals surface area contributed by atoms with Gasteiger partial charge in [-0.3, -0.25) is 9.69 Å². The molecule has 0 aromatic heterocycles. The molecule has 1 saturated heterocycles. The van der Waals surface area contributed by atoms with E-state index < -0.39 is 0 Å². The molecule has 5 nitrogen and oxygen atoms in total. The van der Waals surface area contributed by atoms with E-state index in [0.717, 1.165) is 45.7 Å². The zero-order valence-corrected chi connectivity index (χ0v) is 11.7. The zero-order valence-electron chi connectivity index (χ0n) is 11.7. The Balaban J connectivity index is 2.07. The first kappa shape index (κ1) is 15.4. The van der Waals surface area contributed by atoms with Crippen LogP contribution in [0.2, 0.25) is 0 Å². The van der Waals surface area contributed by atoms with Gasteiger partial charge in [-0.15, -0.1) is 0 Å². The highest BCUT2D eigenvalue weighted by Gasteiger charge is 2.17. The van der Waals surface area contributed by atoms with Gasteiger partial charge in [0.15, 0.2) is 0 Å². The van der Waals surface area contributed by atoms with Gasteiger partial charge in [-0.2, -0.15) is 0 Å². The first-order chi connectivity index (χ1) is 8.76. The quantitative estimate of drug-likeness (QED) is 0.594. The molecule has 5 heteroatoms. The largest absolute Gasteiger partial charge is 0.355 e. The minimum Gasteiger partial charge on any atom is -0.355 e. The standard InChI is InChI=1S/C13H28N4O/c1-2-15-13(18)12-17-10-8-16(9-11-17)7-5-3-4-6-14/h2-12,14H2,1H3,(H,15,18). The van der Waals surface area contributed by atoms with Gasteiger partial charge in [0.25, 0.3) is 0 Å². The monoisotopic (exact) mass is 256 g/mol. The number of likely N-dealkylation sites (N-methyl/N-ethyl adjacent to an activating group) is 1.